The summed E-state index contributed by atoms with van der Waals surface area (Å²) in [5.41, 5.74) is -0.962. The van der Waals surface area contributed by atoms with E-state index in [9.17, 15) is 14.4 Å². The first-order valence-corrected chi connectivity index (χ1v) is 10.7. The van der Waals surface area contributed by atoms with E-state index in [4.69, 9.17) is 9.47 Å². The van der Waals surface area contributed by atoms with Crippen molar-refractivity contribution in [3.8, 4) is 5.75 Å². The molecule has 1 heterocycles. The van der Waals surface area contributed by atoms with E-state index < -0.39 is 23.2 Å². The van der Waals surface area contributed by atoms with Gasteiger partial charge in [0.25, 0.3) is 0 Å². The molecule has 1 fully saturated rings. The molecule has 0 spiro atoms. The summed E-state index contributed by atoms with van der Waals surface area (Å²) in [6, 6.07) is 8.05. The molecular weight excluding hydrogens is 398 g/mol. The summed E-state index contributed by atoms with van der Waals surface area (Å²) in [7, 11) is 0. The average Bonchev–Trinajstić information content (AvgIpc) is 2.70. The minimum Gasteiger partial charge on any atom is -0.444 e. The minimum atomic E-state index is -0.674. The summed E-state index contributed by atoms with van der Waals surface area (Å²) in [4.78, 5) is 40.0. The smallest absolute Gasteiger partial charge is 0.413 e. The second-order valence-electron chi connectivity index (χ2n) is 9.51. The highest BCUT2D eigenvalue weighted by molar-refractivity contribution is 5.75. The Labute approximate surface area is 184 Å². The van der Waals surface area contributed by atoms with Gasteiger partial charge < -0.3 is 24.5 Å². The first-order chi connectivity index (χ1) is 14.5. The van der Waals surface area contributed by atoms with Gasteiger partial charge in [-0.1, -0.05) is 32.0 Å². The number of ether oxygens (including phenoxy) is 2. The molecule has 172 valence electrons. The number of aldehydes is 1. The summed E-state index contributed by atoms with van der Waals surface area (Å²) < 4.78 is 10.7. The van der Waals surface area contributed by atoms with E-state index in [2.05, 4.69) is 10.2 Å². The van der Waals surface area contributed by atoms with Crippen molar-refractivity contribution in [3.63, 3.8) is 0 Å². The van der Waals surface area contributed by atoms with E-state index in [0.717, 1.165) is 25.9 Å². The zero-order chi connectivity index (χ0) is 23.1. The molecule has 8 nitrogen and oxygen atoms in total. The van der Waals surface area contributed by atoms with Gasteiger partial charge in [-0.2, -0.15) is 0 Å². The normalized spacial score (nSPS) is 16.4. The van der Waals surface area contributed by atoms with Crippen LogP contribution in [0.1, 0.15) is 41.0 Å². The Kier molecular flexibility index (Phi) is 8.44. The van der Waals surface area contributed by atoms with Crippen molar-refractivity contribution < 1.29 is 23.9 Å². The molecule has 0 aliphatic carbocycles. The van der Waals surface area contributed by atoms with Crippen LogP contribution in [-0.2, 0) is 9.53 Å². The largest absolute Gasteiger partial charge is 0.444 e. The van der Waals surface area contributed by atoms with Gasteiger partial charge in [-0.3, -0.25) is 4.90 Å². The molecule has 2 rings (SSSR count). The van der Waals surface area contributed by atoms with Crippen LogP contribution in [0.15, 0.2) is 30.3 Å². The number of piperazine rings is 1. The van der Waals surface area contributed by atoms with E-state index in [-0.39, 0.29) is 6.09 Å². The van der Waals surface area contributed by atoms with E-state index in [1.54, 1.807) is 29.2 Å². The molecule has 0 saturated carbocycles. The maximum absolute atomic E-state index is 12.2. The average molecular weight is 434 g/mol. The fraction of sp³-hybridized carbons (Fsp3) is 0.609. The Balaban J connectivity index is 1.80. The molecule has 1 atom stereocenters. The topological polar surface area (TPSA) is 88.2 Å². The number of hydrogen-bond donors (Lipinski definition) is 1. The number of nitrogens with zero attached hydrogens (tertiary/aromatic N) is 2. The van der Waals surface area contributed by atoms with Gasteiger partial charge in [0, 0.05) is 26.2 Å². The number of hydrogen-bond acceptors (Lipinski definition) is 6. The number of carbonyl (C=O) groups excluding carboxylic acids is 3. The van der Waals surface area contributed by atoms with E-state index in [1.165, 1.54) is 0 Å². The predicted octanol–water partition coefficient (Wildman–Crippen LogP) is 3.31. The van der Waals surface area contributed by atoms with Gasteiger partial charge in [-0.25, -0.2) is 9.59 Å². The molecule has 0 radical (unpaired) electrons. The summed E-state index contributed by atoms with van der Waals surface area (Å²) in [6.07, 6.45) is 0.526. The first-order valence-electron chi connectivity index (χ1n) is 10.7. The summed E-state index contributed by atoms with van der Waals surface area (Å²) in [6.45, 7) is 12.9. The molecule has 1 aromatic rings. The molecule has 8 heteroatoms. The molecule has 2 amide bonds. The van der Waals surface area contributed by atoms with Crippen LogP contribution in [0.25, 0.3) is 0 Å². The molecule has 1 N–H and O–H groups in total. The van der Waals surface area contributed by atoms with Crippen LogP contribution in [0, 0.1) is 5.41 Å². The summed E-state index contributed by atoms with van der Waals surface area (Å²) in [5, 5.41) is 2.67. The summed E-state index contributed by atoms with van der Waals surface area (Å²) >= 11 is 0. The lowest BCUT2D eigenvalue weighted by Crippen LogP contribution is -2.52. The Morgan fingerprint density at radius 1 is 1.06 bits per heavy atom. The monoisotopic (exact) mass is 433 g/mol. The molecule has 1 unspecified atom stereocenters. The van der Waals surface area contributed by atoms with Gasteiger partial charge in [0.05, 0.1) is 6.04 Å². The molecule has 1 aliphatic rings. The van der Waals surface area contributed by atoms with Crippen molar-refractivity contribution in [1.82, 2.24) is 15.1 Å². The molecule has 1 aliphatic heterocycles. The predicted molar refractivity (Wildman–Crippen MR) is 118 cm³/mol. The molecule has 31 heavy (non-hydrogen) atoms. The third-order valence-corrected chi connectivity index (χ3v) is 5.30. The fourth-order valence-corrected chi connectivity index (χ4v) is 3.25. The zero-order valence-corrected chi connectivity index (χ0v) is 19.2. The van der Waals surface area contributed by atoms with Crippen LogP contribution in [-0.4, -0.2) is 72.6 Å². The van der Waals surface area contributed by atoms with E-state index >= 15 is 0 Å². The lowest BCUT2D eigenvalue weighted by atomic mass is 9.81. The van der Waals surface area contributed by atoms with Gasteiger partial charge in [0.1, 0.15) is 17.6 Å². The maximum atomic E-state index is 12.2. The van der Waals surface area contributed by atoms with Crippen LogP contribution < -0.4 is 10.1 Å². The number of carbonyl (C=O) groups is 3. The number of rotatable bonds is 7. The molecular formula is C23H35N3O5. The summed E-state index contributed by atoms with van der Waals surface area (Å²) in [5.74, 6) is 0.422. The van der Waals surface area contributed by atoms with Gasteiger partial charge in [0.15, 0.2) is 0 Å². The Morgan fingerprint density at radius 2 is 1.68 bits per heavy atom. The Bertz CT molecular complexity index is 737. The lowest BCUT2D eigenvalue weighted by molar-refractivity contribution is -0.112. The Hall–Kier alpha value is -2.61. The van der Waals surface area contributed by atoms with Crippen molar-refractivity contribution in [2.75, 3.05) is 32.7 Å². The van der Waals surface area contributed by atoms with Gasteiger partial charge >= 0.3 is 12.2 Å². The second-order valence-corrected chi connectivity index (χ2v) is 9.51. The highest BCUT2D eigenvalue weighted by Gasteiger charge is 2.32. The third-order valence-electron chi connectivity index (χ3n) is 5.30. The van der Waals surface area contributed by atoms with E-state index in [0.29, 0.717) is 25.3 Å². The molecule has 1 aromatic carbocycles. The van der Waals surface area contributed by atoms with Crippen molar-refractivity contribution in [1.29, 1.82) is 0 Å². The number of nitrogens with one attached hydrogen (secondary N) is 1. The molecule has 0 bridgehead atoms. The van der Waals surface area contributed by atoms with Crippen molar-refractivity contribution in [3.05, 3.63) is 30.3 Å². The first kappa shape index (κ1) is 24.7. The second kappa shape index (κ2) is 10.6. The standard InChI is InChI=1S/C23H35N3O5/c1-22(2,3)31-21(29)26-15-13-25(14-16-26)12-11-23(4,5)19(17-27)24-20(28)30-18-9-7-6-8-10-18/h6-10,17,19H,11-16H2,1-5H3,(H,24,28). The molecule has 0 aromatic heterocycles. The number of para-hydroxylation sites is 1. The van der Waals surface area contributed by atoms with Crippen LogP contribution in [0.2, 0.25) is 0 Å². The fourth-order valence-electron chi connectivity index (χ4n) is 3.25. The van der Waals surface area contributed by atoms with Crippen molar-refractivity contribution in [2.45, 2.75) is 52.7 Å². The third kappa shape index (κ3) is 8.20. The van der Waals surface area contributed by atoms with E-state index in [1.807, 2.05) is 40.7 Å². The molecule has 1 saturated heterocycles. The number of benzene rings is 1. The van der Waals surface area contributed by atoms with Crippen molar-refractivity contribution in [2.24, 2.45) is 5.41 Å². The number of amides is 2. The van der Waals surface area contributed by atoms with Gasteiger partial charge in [-0.15, -0.1) is 0 Å². The SMILES string of the molecule is CC(C)(C)OC(=O)N1CCN(CCC(C)(C)C(C=O)NC(=O)Oc2ccccc2)CC1. The van der Waals surface area contributed by atoms with Gasteiger partial charge in [-0.05, 0) is 51.3 Å². The lowest BCUT2D eigenvalue weighted by Gasteiger charge is -2.38. The Morgan fingerprint density at radius 3 is 2.23 bits per heavy atom. The maximum Gasteiger partial charge on any atom is 0.413 e. The van der Waals surface area contributed by atoms with Crippen LogP contribution in [0.5, 0.6) is 5.75 Å². The van der Waals surface area contributed by atoms with Crippen LogP contribution in [0.3, 0.4) is 0 Å². The quantitative estimate of drug-likeness (QED) is 0.664. The minimum absolute atomic E-state index is 0.283. The zero-order valence-electron chi connectivity index (χ0n) is 19.2. The highest BCUT2D eigenvalue weighted by atomic mass is 16.6. The van der Waals surface area contributed by atoms with Gasteiger partial charge in [0.2, 0.25) is 0 Å². The highest BCUT2D eigenvalue weighted by Crippen LogP contribution is 2.25. The van der Waals surface area contributed by atoms with Crippen LogP contribution in [0.4, 0.5) is 9.59 Å². The van der Waals surface area contributed by atoms with Crippen LogP contribution >= 0.6 is 0 Å². The van der Waals surface area contributed by atoms with Crippen molar-refractivity contribution >= 4 is 18.5 Å².